The minimum absolute atomic E-state index is 1.48. The fourth-order valence-corrected chi connectivity index (χ4v) is 0.243. The van der Waals surface area contributed by atoms with Crippen molar-refractivity contribution < 1.29 is 17.4 Å². The zero-order chi connectivity index (χ0) is 13.2. The Labute approximate surface area is 56.2 Å². The molecule has 0 aromatic heterocycles. The quantitative estimate of drug-likeness (QED) is 0.450. The Morgan fingerprint density at radius 2 is 2.86 bits per heavy atom. The van der Waals surface area contributed by atoms with Crippen LogP contribution in [0.25, 0.3) is 0 Å². The Balaban J connectivity index is 3.43. The maximum atomic E-state index is 9.45. The van der Waals surface area contributed by atoms with E-state index in [-0.39, 0.29) is 0 Å². The van der Waals surface area contributed by atoms with Gasteiger partial charge in [0.05, 0.1) is 7.45 Å². The van der Waals surface area contributed by atoms with E-state index in [4.69, 9.17) is 12.3 Å². The molecule has 0 bridgehead atoms. The van der Waals surface area contributed by atoms with Gasteiger partial charge in [-0.05, 0) is 19.2 Å². The molecule has 0 saturated carbocycles. The smallest absolute Gasteiger partial charge is 0.0665 e. The summed E-state index contributed by atoms with van der Waals surface area (Å²) in [6.07, 6.45) is -10.1. The molecule has 0 aromatic carbocycles. The third-order valence-electron chi connectivity index (χ3n) is 0.487. The molecule has 1 aliphatic rings. The number of hydrogen-bond acceptors (Lipinski definition) is 2. The van der Waals surface area contributed by atoms with Crippen LogP contribution in [-0.4, -0.2) is 24.2 Å². The topological polar surface area (TPSA) is 32.3 Å². The number of aliphatic hydroxyl groups is 1. The van der Waals surface area contributed by atoms with Crippen molar-refractivity contribution in [2.24, 2.45) is 0 Å². The van der Waals surface area contributed by atoms with Crippen molar-refractivity contribution in [2.75, 3.05) is 13.0 Å². The molecular formula is C5H11NO. The zero-order valence-electron chi connectivity index (χ0n) is 12.4. The maximum absolute atomic E-state index is 9.45. The van der Waals surface area contributed by atoms with Crippen molar-refractivity contribution in [1.82, 2.24) is 5.32 Å². The second-order valence-corrected chi connectivity index (χ2v) is 0.974. The zero-order valence-corrected chi connectivity index (χ0v) is 3.45. The van der Waals surface area contributed by atoms with Crippen LogP contribution in [0.2, 0.25) is 0 Å². The molecule has 0 amide bonds. The highest BCUT2D eigenvalue weighted by Gasteiger charge is 2.06. The molecule has 2 heteroatoms. The molecule has 2 N–H and O–H groups in total. The van der Waals surface area contributed by atoms with Crippen molar-refractivity contribution in [3.05, 3.63) is 0 Å². The highest BCUT2D eigenvalue weighted by molar-refractivity contribution is 4.65. The summed E-state index contributed by atoms with van der Waals surface area (Å²) in [5.41, 5.74) is 0. The minimum Gasteiger partial charge on any atom is -0.392 e. The molecule has 0 spiro atoms. The van der Waals surface area contributed by atoms with Gasteiger partial charge in [0.2, 0.25) is 0 Å². The minimum atomic E-state index is -3.45. The predicted octanol–water partition coefficient (Wildman–Crippen LogP) is -0.269. The molecule has 1 atom stereocenters. The summed E-state index contributed by atoms with van der Waals surface area (Å²) >= 11 is 0. The molecule has 1 heterocycles. The predicted molar refractivity (Wildman–Crippen MR) is 28.1 cm³/mol. The first-order chi connectivity index (χ1) is 6.71. The molecule has 0 unspecified atom stereocenters. The third-order valence-corrected chi connectivity index (χ3v) is 0.487. The first-order valence-corrected chi connectivity index (χ1v) is 1.72. The fraction of sp³-hybridized carbons (Fsp3) is 1.00. The highest BCUT2D eigenvalue weighted by Crippen LogP contribution is 1.98. The van der Waals surface area contributed by atoms with Crippen LogP contribution in [0.3, 0.4) is 0 Å². The van der Waals surface area contributed by atoms with Crippen LogP contribution in [0.1, 0.15) is 25.1 Å². The Bertz CT molecular complexity index is 283. The van der Waals surface area contributed by atoms with Gasteiger partial charge in [-0.15, -0.1) is 0 Å². The second kappa shape index (κ2) is 2.28. The highest BCUT2D eigenvalue weighted by atomic mass is 16.3. The summed E-state index contributed by atoms with van der Waals surface area (Å²) in [6, 6.07) is 0. The summed E-state index contributed by atoms with van der Waals surface area (Å²) in [5.74, 6) is 0. The molecule has 1 aliphatic heterocycles. The van der Waals surface area contributed by atoms with Crippen LogP contribution in [0.15, 0.2) is 0 Å². The number of piperidine rings is 1. The van der Waals surface area contributed by atoms with Crippen LogP contribution in [0.5, 0.6) is 0 Å². The summed E-state index contributed by atoms with van der Waals surface area (Å²) in [4.78, 5) is 0. The molecule has 0 aliphatic carbocycles. The van der Waals surface area contributed by atoms with Gasteiger partial charge >= 0.3 is 0 Å². The molecule has 0 aromatic rings. The monoisotopic (exact) mass is 110 g/mol. The summed E-state index contributed by atoms with van der Waals surface area (Å²) in [6.45, 7) is -6.17. The number of hydrogen-bond donors (Lipinski definition) is 2. The van der Waals surface area contributed by atoms with E-state index in [1.54, 1.807) is 0 Å². The average molecular weight is 110 g/mol. The fourth-order valence-electron chi connectivity index (χ4n) is 0.243. The Morgan fingerprint density at radius 3 is 3.71 bits per heavy atom. The largest absolute Gasteiger partial charge is 0.392 e. The first kappa shape index (κ1) is 0.957. The van der Waals surface area contributed by atoms with Crippen molar-refractivity contribution in [2.45, 2.75) is 18.8 Å². The van der Waals surface area contributed by atoms with Crippen LogP contribution in [-0.2, 0) is 0 Å². The van der Waals surface area contributed by atoms with Crippen molar-refractivity contribution in [3.63, 3.8) is 0 Å². The van der Waals surface area contributed by atoms with E-state index in [1.165, 1.54) is 5.32 Å². The molecule has 2 nitrogen and oxygen atoms in total. The lowest BCUT2D eigenvalue weighted by Gasteiger charge is -2.16. The van der Waals surface area contributed by atoms with Gasteiger partial charge < -0.3 is 10.4 Å². The van der Waals surface area contributed by atoms with E-state index in [0.717, 1.165) is 0 Å². The van der Waals surface area contributed by atoms with E-state index < -0.39 is 31.8 Å². The molecule has 1 fully saturated rings. The molecule has 7 heavy (non-hydrogen) atoms. The van der Waals surface area contributed by atoms with E-state index in [1.807, 2.05) is 0 Å². The van der Waals surface area contributed by atoms with Gasteiger partial charge in [0, 0.05) is 17.5 Å². The van der Waals surface area contributed by atoms with Crippen molar-refractivity contribution in [1.29, 1.82) is 0 Å². The number of β-amino-alcohol motifs (C(OH)–C–C–N with tert-alkyl or cyclic N) is 1. The molecular weight excluding hydrogens is 90.1 g/mol. The normalized spacial score (nSPS) is 91.3. The molecule has 0 radical (unpaired) electrons. The van der Waals surface area contributed by atoms with Gasteiger partial charge in [0.25, 0.3) is 0 Å². The van der Waals surface area contributed by atoms with Gasteiger partial charge in [0.1, 0.15) is 0 Å². The lowest BCUT2D eigenvalue weighted by Crippen LogP contribution is -2.33. The Hall–Kier alpha value is -0.0800. The van der Waals surface area contributed by atoms with Gasteiger partial charge in [-0.25, -0.2) is 0 Å². The van der Waals surface area contributed by atoms with Crippen LogP contribution in [0, 0.1) is 0 Å². The number of rotatable bonds is 0. The SMILES string of the molecule is [2H]C1([2H])NC([2H])([2H])[C@@]([2H])(O)C([2H])([2H])C1([2H])[2H]. The van der Waals surface area contributed by atoms with Gasteiger partial charge in [-0.2, -0.15) is 0 Å². The standard InChI is InChI=1S/C5H11NO/c7-5-2-1-3-6-4-5/h5-7H,1-4H2/t5-/m0/s1/i1D2,2D2,3D2,4D2,5D. The van der Waals surface area contributed by atoms with Gasteiger partial charge in [-0.1, -0.05) is 0 Å². The van der Waals surface area contributed by atoms with Crippen LogP contribution < -0.4 is 5.32 Å². The lowest BCUT2D eigenvalue weighted by atomic mass is 10.1. The van der Waals surface area contributed by atoms with E-state index in [2.05, 4.69) is 0 Å². The van der Waals surface area contributed by atoms with Gasteiger partial charge in [0.15, 0.2) is 0 Å². The second-order valence-electron chi connectivity index (χ2n) is 0.974. The van der Waals surface area contributed by atoms with E-state index in [0.29, 0.717) is 0 Å². The third kappa shape index (κ3) is 1.45. The summed E-state index contributed by atoms with van der Waals surface area (Å²) < 4.78 is 65.1. The molecule has 42 valence electrons. The molecule has 1 saturated heterocycles. The Kier molecular flexibility index (Phi) is 0.312. The van der Waals surface area contributed by atoms with E-state index >= 15 is 0 Å². The van der Waals surface area contributed by atoms with Crippen molar-refractivity contribution in [3.8, 4) is 0 Å². The first-order valence-electron chi connectivity index (χ1n) is 6.22. The lowest BCUT2D eigenvalue weighted by molar-refractivity contribution is 0.142. The maximum Gasteiger partial charge on any atom is 0.0665 e. The Morgan fingerprint density at radius 1 is 2.00 bits per heavy atom. The van der Waals surface area contributed by atoms with E-state index in [9.17, 15) is 5.11 Å². The van der Waals surface area contributed by atoms with Crippen LogP contribution >= 0.6 is 0 Å². The number of nitrogens with one attached hydrogen (secondary N) is 1. The van der Waals surface area contributed by atoms with Gasteiger partial charge in [-0.3, -0.25) is 0 Å². The summed E-state index contributed by atoms with van der Waals surface area (Å²) in [5, 5.41) is 10.9. The van der Waals surface area contributed by atoms with Crippen LogP contribution in [0.4, 0.5) is 0 Å². The average Bonchev–Trinajstić information content (AvgIpc) is 1.98. The van der Waals surface area contributed by atoms with Crippen molar-refractivity contribution >= 4 is 0 Å². The summed E-state index contributed by atoms with van der Waals surface area (Å²) in [7, 11) is 0. The molecule has 1 rings (SSSR count).